The van der Waals surface area contributed by atoms with Gasteiger partial charge < -0.3 is 10.6 Å². The smallest absolute Gasteiger partial charge is 0.326 e. The van der Waals surface area contributed by atoms with Crippen molar-refractivity contribution < 1.29 is 18.0 Å². The average Bonchev–Trinajstić information content (AvgIpc) is 2.45. The molecule has 0 radical (unpaired) electrons. The molecule has 1 aliphatic rings. The second-order valence-corrected chi connectivity index (χ2v) is 5.77. The Bertz CT molecular complexity index is 496. The number of carbonyl (C=O) groups is 1. The largest absolute Gasteiger partial charge is 0.393 e. The van der Waals surface area contributed by atoms with E-state index in [2.05, 4.69) is 10.6 Å². The summed E-state index contributed by atoms with van der Waals surface area (Å²) in [4.78, 5) is 11.9. The van der Waals surface area contributed by atoms with Crippen molar-refractivity contribution in [3.63, 3.8) is 0 Å². The van der Waals surface area contributed by atoms with Crippen molar-refractivity contribution in [1.82, 2.24) is 5.32 Å². The van der Waals surface area contributed by atoms with Crippen molar-refractivity contribution >= 4 is 11.6 Å². The third-order valence-corrected chi connectivity index (χ3v) is 3.85. The van der Waals surface area contributed by atoms with Gasteiger partial charge in [0.15, 0.2) is 0 Å². The van der Waals surface area contributed by atoms with Crippen LogP contribution in [0.5, 0.6) is 0 Å². The maximum Gasteiger partial charge on any atom is 0.393 e. The Labute approximate surface area is 128 Å². The number of amides is 1. The van der Waals surface area contributed by atoms with Gasteiger partial charge in [0.1, 0.15) is 0 Å². The molecule has 1 heterocycles. The van der Waals surface area contributed by atoms with Gasteiger partial charge >= 0.3 is 6.18 Å². The summed E-state index contributed by atoms with van der Waals surface area (Å²) in [6.07, 6.45) is -1.82. The fraction of sp³-hybridized carbons (Fsp3) is 0.562. The summed E-state index contributed by atoms with van der Waals surface area (Å²) in [5.74, 6) is 0.422. The molecule has 0 atom stereocenters. The molecule has 1 aromatic rings. The average molecular weight is 314 g/mol. The molecule has 1 saturated heterocycles. The SMILES string of the molecule is O=C(CCC1CCNCC1)Nc1cccc(CC(F)(F)F)c1. The van der Waals surface area contributed by atoms with Gasteiger partial charge in [-0.15, -0.1) is 0 Å². The molecule has 3 nitrogen and oxygen atoms in total. The molecule has 122 valence electrons. The summed E-state index contributed by atoms with van der Waals surface area (Å²) in [6.45, 7) is 1.98. The van der Waals surface area contributed by atoms with E-state index in [1.54, 1.807) is 6.07 Å². The van der Waals surface area contributed by atoms with Crippen molar-refractivity contribution in [1.29, 1.82) is 0 Å². The van der Waals surface area contributed by atoms with E-state index in [1.807, 2.05) is 0 Å². The topological polar surface area (TPSA) is 41.1 Å². The highest BCUT2D eigenvalue weighted by Crippen LogP contribution is 2.23. The number of hydrogen-bond acceptors (Lipinski definition) is 2. The predicted molar refractivity (Wildman–Crippen MR) is 79.7 cm³/mol. The molecule has 0 saturated carbocycles. The zero-order chi connectivity index (χ0) is 16.0. The molecule has 1 amide bonds. The van der Waals surface area contributed by atoms with E-state index in [9.17, 15) is 18.0 Å². The summed E-state index contributed by atoms with van der Waals surface area (Å²) < 4.78 is 37.1. The number of nitrogens with one attached hydrogen (secondary N) is 2. The number of piperidine rings is 1. The predicted octanol–water partition coefficient (Wildman–Crippen LogP) is 3.51. The third-order valence-electron chi connectivity index (χ3n) is 3.85. The summed E-state index contributed by atoms with van der Waals surface area (Å²) >= 11 is 0. The second kappa shape index (κ2) is 7.63. The zero-order valence-corrected chi connectivity index (χ0v) is 12.4. The minimum atomic E-state index is -4.24. The van der Waals surface area contributed by atoms with Gasteiger partial charge in [-0.3, -0.25) is 4.79 Å². The van der Waals surface area contributed by atoms with Crippen LogP contribution in [0.3, 0.4) is 0 Å². The summed E-state index contributed by atoms with van der Waals surface area (Å²) in [5.41, 5.74) is 0.584. The van der Waals surface area contributed by atoms with Gasteiger partial charge in [-0.1, -0.05) is 12.1 Å². The summed E-state index contributed by atoms with van der Waals surface area (Å²) in [5, 5.41) is 5.96. The fourth-order valence-corrected chi connectivity index (χ4v) is 2.72. The van der Waals surface area contributed by atoms with E-state index in [0.717, 1.165) is 32.4 Å². The number of rotatable bonds is 5. The van der Waals surface area contributed by atoms with Gasteiger partial charge in [0.2, 0.25) is 5.91 Å². The Morgan fingerprint density at radius 1 is 1.27 bits per heavy atom. The molecule has 2 rings (SSSR count). The molecule has 1 fully saturated rings. The number of benzene rings is 1. The van der Waals surface area contributed by atoms with Crippen LogP contribution in [0, 0.1) is 5.92 Å². The van der Waals surface area contributed by atoms with Crippen molar-refractivity contribution in [3.05, 3.63) is 29.8 Å². The standard InChI is InChI=1S/C16H21F3N2O/c17-16(18,19)11-13-2-1-3-14(10-13)21-15(22)5-4-12-6-8-20-9-7-12/h1-3,10,12,20H,4-9,11H2,(H,21,22). The van der Waals surface area contributed by atoms with Crippen LogP contribution in [0.2, 0.25) is 0 Å². The monoisotopic (exact) mass is 314 g/mol. The van der Waals surface area contributed by atoms with Crippen molar-refractivity contribution in [2.24, 2.45) is 5.92 Å². The molecular weight excluding hydrogens is 293 g/mol. The van der Waals surface area contributed by atoms with E-state index < -0.39 is 12.6 Å². The van der Waals surface area contributed by atoms with E-state index in [-0.39, 0.29) is 11.5 Å². The number of alkyl halides is 3. The first kappa shape index (κ1) is 16.8. The minimum absolute atomic E-state index is 0.136. The molecule has 0 unspecified atom stereocenters. The van der Waals surface area contributed by atoms with Gasteiger partial charge in [0, 0.05) is 12.1 Å². The van der Waals surface area contributed by atoms with Crippen LogP contribution in [-0.4, -0.2) is 25.2 Å². The number of carbonyl (C=O) groups excluding carboxylic acids is 1. The number of hydrogen-bond donors (Lipinski definition) is 2. The molecule has 22 heavy (non-hydrogen) atoms. The lowest BCUT2D eigenvalue weighted by atomic mass is 9.93. The molecular formula is C16H21F3N2O. The molecule has 6 heteroatoms. The molecule has 1 aromatic carbocycles. The fourth-order valence-electron chi connectivity index (χ4n) is 2.72. The van der Waals surface area contributed by atoms with E-state index in [4.69, 9.17) is 0 Å². The highest BCUT2D eigenvalue weighted by atomic mass is 19.4. The lowest BCUT2D eigenvalue weighted by Gasteiger charge is -2.22. The quantitative estimate of drug-likeness (QED) is 0.873. The van der Waals surface area contributed by atoms with Crippen molar-refractivity contribution in [2.45, 2.75) is 38.3 Å². The normalized spacial score (nSPS) is 16.5. The van der Waals surface area contributed by atoms with Gasteiger partial charge in [-0.2, -0.15) is 13.2 Å². The van der Waals surface area contributed by atoms with E-state index >= 15 is 0 Å². The maximum atomic E-state index is 12.4. The highest BCUT2D eigenvalue weighted by Gasteiger charge is 2.27. The van der Waals surface area contributed by atoms with Crippen LogP contribution in [0.1, 0.15) is 31.2 Å². The lowest BCUT2D eigenvalue weighted by Crippen LogP contribution is -2.28. The first-order valence-corrected chi connectivity index (χ1v) is 7.58. The van der Waals surface area contributed by atoms with Gasteiger partial charge in [0.05, 0.1) is 6.42 Å². The minimum Gasteiger partial charge on any atom is -0.326 e. The van der Waals surface area contributed by atoms with Crippen molar-refractivity contribution in [3.8, 4) is 0 Å². The highest BCUT2D eigenvalue weighted by molar-refractivity contribution is 5.90. The van der Waals surface area contributed by atoms with Gasteiger partial charge in [0.25, 0.3) is 0 Å². The molecule has 1 aliphatic heterocycles. The first-order valence-electron chi connectivity index (χ1n) is 7.58. The van der Waals surface area contributed by atoms with Crippen LogP contribution in [0.15, 0.2) is 24.3 Å². The summed E-state index contributed by atoms with van der Waals surface area (Å²) in [7, 11) is 0. The molecule has 2 N–H and O–H groups in total. The Morgan fingerprint density at radius 3 is 2.68 bits per heavy atom. The van der Waals surface area contributed by atoms with Crippen LogP contribution in [0.25, 0.3) is 0 Å². The Kier molecular flexibility index (Phi) is 5.83. The molecule has 0 spiro atoms. The van der Waals surface area contributed by atoms with Crippen LogP contribution >= 0.6 is 0 Å². The van der Waals surface area contributed by atoms with E-state index in [0.29, 0.717) is 18.0 Å². The Hall–Kier alpha value is -1.56. The summed E-state index contributed by atoms with van der Waals surface area (Å²) in [6, 6.07) is 5.94. The van der Waals surface area contributed by atoms with Crippen LogP contribution in [-0.2, 0) is 11.2 Å². The number of halogens is 3. The van der Waals surface area contributed by atoms with Crippen LogP contribution in [0.4, 0.5) is 18.9 Å². The van der Waals surface area contributed by atoms with Gasteiger partial charge in [-0.25, -0.2) is 0 Å². The number of anilines is 1. The Balaban J connectivity index is 1.81. The second-order valence-electron chi connectivity index (χ2n) is 5.77. The van der Waals surface area contributed by atoms with Gasteiger partial charge in [-0.05, 0) is 56.0 Å². The maximum absolute atomic E-state index is 12.4. The molecule has 0 aliphatic carbocycles. The van der Waals surface area contributed by atoms with Crippen molar-refractivity contribution in [2.75, 3.05) is 18.4 Å². The zero-order valence-electron chi connectivity index (χ0n) is 12.4. The first-order chi connectivity index (χ1) is 10.4. The van der Waals surface area contributed by atoms with E-state index in [1.165, 1.54) is 18.2 Å². The molecule has 0 bridgehead atoms. The van der Waals surface area contributed by atoms with Crippen LogP contribution < -0.4 is 10.6 Å². The third kappa shape index (κ3) is 6.05. The Morgan fingerprint density at radius 2 is 2.00 bits per heavy atom. The lowest BCUT2D eigenvalue weighted by molar-refractivity contribution is -0.127. The molecule has 0 aromatic heterocycles.